The van der Waals surface area contributed by atoms with Crippen LogP contribution < -0.4 is 4.74 Å². The molecule has 0 aromatic heterocycles. The fourth-order valence-electron chi connectivity index (χ4n) is 6.03. The fourth-order valence-corrected chi connectivity index (χ4v) is 6.03. The van der Waals surface area contributed by atoms with Gasteiger partial charge in [0, 0.05) is 7.11 Å². The Bertz CT molecular complexity index is 836. The lowest BCUT2D eigenvalue weighted by Crippen LogP contribution is -2.53. The van der Waals surface area contributed by atoms with Crippen LogP contribution in [0.4, 0.5) is 0 Å². The van der Waals surface area contributed by atoms with Crippen LogP contribution in [0.5, 0.6) is 5.75 Å². The van der Waals surface area contributed by atoms with Crippen molar-refractivity contribution in [2.24, 2.45) is 17.8 Å². The Hall–Kier alpha value is -1.80. The number of methoxy groups -OCH3 is 2. The number of ether oxygens (including phenoxy) is 2. The predicted molar refractivity (Wildman–Crippen MR) is 102 cm³/mol. The van der Waals surface area contributed by atoms with Crippen molar-refractivity contribution in [3.8, 4) is 5.75 Å². The largest absolute Gasteiger partial charge is 0.497 e. The minimum absolute atomic E-state index is 0.0150. The number of hydrogen-bond acceptors (Lipinski definition) is 2. The molecule has 0 N–H and O–H groups in total. The maximum Gasteiger partial charge on any atom is 0.120 e. The third-order valence-corrected chi connectivity index (χ3v) is 6.91. The van der Waals surface area contributed by atoms with Gasteiger partial charge in [-0.15, -0.1) is 0 Å². The van der Waals surface area contributed by atoms with E-state index in [1.807, 2.05) is 7.11 Å². The van der Waals surface area contributed by atoms with Gasteiger partial charge in [-0.1, -0.05) is 30.3 Å². The van der Waals surface area contributed by atoms with Crippen molar-refractivity contribution in [2.75, 3.05) is 14.2 Å². The average Bonchev–Trinajstić information content (AvgIpc) is 2.63. The molecule has 0 saturated heterocycles. The van der Waals surface area contributed by atoms with E-state index in [1.165, 1.54) is 48.4 Å². The monoisotopic (exact) mass is 334 g/mol. The van der Waals surface area contributed by atoms with E-state index in [-0.39, 0.29) is 5.60 Å². The third-order valence-electron chi connectivity index (χ3n) is 6.91. The second-order valence-electron chi connectivity index (χ2n) is 8.28. The van der Waals surface area contributed by atoms with E-state index in [0.717, 1.165) is 17.6 Å². The van der Waals surface area contributed by atoms with Crippen LogP contribution in [0.2, 0.25) is 0 Å². The Kier molecular flexibility index (Phi) is 3.46. The highest BCUT2D eigenvalue weighted by atomic mass is 16.5. The fraction of sp³-hybridized carbons (Fsp3) is 0.478. The van der Waals surface area contributed by atoms with Crippen LogP contribution in [0.1, 0.15) is 37.7 Å². The van der Waals surface area contributed by atoms with E-state index in [1.54, 1.807) is 12.7 Å². The molecule has 0 aliphatic heterocycles. The van der Waals surface area contributed by atoms with Crippen LogP contribution in [0, 0.1) is 17.8 Å². The molecule has 6 rings (SSSR count). The zero-order valence-electron chi connectivity index (χ0n) is 15.1. The highest BCUT2D eigenvalue weighted by molar-refractivity contribution is 5.92. The number of benzene rings is 2. The van der Waals surface area contributed by atoms with Crippen LogP contribution in [-0.2, 0) is 4.74 Å². The molecule has 4 bridgehead atoms. The summed E-state index contributed by atoms with van der Waals surface area (Å²) in [5, 5.41) is 2.54. The normalized spacial score (nSPS) is 34.8. The standard InChI is InChI=1S/C23H26O2/c1-24-20-10-17-5-3-4-6-21(17)18(11-20)12-22-19-8-15-7-16(9-19)14-23(22,13-15)25-2/h3-6,10-12,15-16,19H,7-9,13-14H2,1-2H3. The second-order valence-corrected chi connectivity index (χ2v) is 8.28. The molecule has 4 aliphatic carbocycles. The molecule has 130 valence electrons. The summed E-state index contributed by atoms with van der Waals surface area (Å²) in [5.41, 5.74) is 2.80. The molecule has 0 spiro atoms. The topological polar surface area (TPSA) is 18.5 Å². The van der Waals surface area contributed by atoms with E-state index in [4.69, 9.17) is 9.47 Å². The minimum Gasteiger partial charge on any atom is -0.497 e. The number of fused-ring (bicyclic) bond motifs is 1. The molecule has 0 amide bonds. The third kappa shape index (κ3) is 2.34. The van der Waals surface area contributed by atoms with Crippen LogP contribution in [0.3, 0.4) is 0 Å². The van der Waals surface area contributed by atoms with Crippen LogP contribution in [0.25, 0.3) is 16.8 Å². The molecule has 2 atom stereocenters. The van der Waals surface area contributed by atoms with Gasteiger partial charge in [0.05, 0.1) is 12.7 Å². The summed E-state index contributed by atoms with van der Waals surface area (Å²) in [5.74, 6) is 3.38. The van der Waals surface area contributed by atoms with Gasteiger partial charge in [-0.2, -0.15) is 0 Å². The second kappa shape index (κ2) is 5.60. The van der Waals surface area contributed by atoms with E-state index >= 15 is 0 Å². The smallest absolute Gasteiger partial charge is 0.120 e. The molecule has 4 aliphatic rings. The van der Waals surface area contributed by atoms with Crippen molar-refractivity contribution in [3.05, 3.63) is 47.5 Å². The first-order valence-electron chi connectivity index (χ1n) is 9.55. The maximum atomic E-state index is 6.20. The molecule has 0 heterocycles. The van der Waals surface area contributed by atoms with Gasteiger partial charge in [-0.05, 0) is 83.9 Å². The molecule has 2 heteroatoms. The van der Waals surface area contributed by atoms with Gasteiger partial charge in [0.1, 0.15) is 5.75 Å². The Balaban J connectivity index is 1.68. The quantitative estimate of drug-likeness (QED) is 0.742. The summed E-state index contributed by atoms with van der Waals surface area (Å²) in [4.78, 5) is 0. The Morgan fingerprint density at radius 2 is 1.76 bits per heavy atom. The van der Waals surface area contributed by atoms with Gasteiger partial charge in [0.2, 0.25) is 0 Å². The van der Waals surface area contributed by atoms with Crippen molar-refractivity contribution in [1.82, 2.24) is 0 Å². The molecule has 2 nitrogen and oxygen atoms in total. The van der Waals surface area contributed by atoms with Crippen molar-refractivity contribution < 1.29 is 9.47 Å². The summed E-state index contributed by atoms with van der Waals surface area (Å²) in [7, 11) is 3.67. The lowest BCUT2D eigenvalue weighted by Gasteiger charge is -2.57. The van der Waals surface area contributed by atoms with Crippen molar-refractivity contribution in [2.45, 2.75) is 37.7 Å². The van der Waals surface area contributed by atoms with Crippen LogP contribution in [-0.4, -0.2) is 19.8 Å². The van der Waals surface area contributed by atoms with Gasteiger partial charge < -0.3 is 9.47 Å². The Labute approximate surface area is 149 Å². The molecule has 4 saturated carbocycles. The van der Waals surface area contributed by atoms with Gasteiger partial charge in [0.15, 0.2) is 0 Å². The number of hydrogen-bond donors (Lipinski definition) is 0. The van der Waals surface area contributed by atoms with Gasteiger partial charge in [-0.3, -0.25) is 0 Å². The van der Waals surface area contributed by atoms with Crippen molar-refractivity contribution in [1.29, 1.82) is 0 Å². The first kappa shape index (κ1) is 15.5. The van der Waals surface area contributed by atoms with E-state index in [0.29, 0.717) is 5.92 Å². The van der Waals surface area contributed by atoms with Crippen molar-refractivity contribution >= 4 is 16.8 Å². The maximum absolute atomic E-state index is 6.20. The molecule has 2 aromatic carbocycles. The summed E-state index contributed by atoms with van der Waals surface area (Å²) >= 11 is 0. The Morgan fingerprint density at radius 1 is 1.00 bits per heavy atom. The first-order chi connectivity index (χ1) is 12.2. The number of rotatable bonds is 3. The van der Waals surface area contributed by atoms with Crippen molar-refractivity contribution in [3.63, 3.8) is 0 Å². The lowest BCUT2D eigenvalue weighted by molar-refractivity contribution is -0.0997. The SMILES string of the molecule is COc1cc(C=C2C3CC4CC(C3)CC2(OC)C4)c2ccccc2c1. The first-order valence-corrected chi connectivity index (χ1v) is 9.55. The van der Waals surface area contributed by atoms with E-state index < -0.39 is 0 Å². The lowest BCUT2D eigenvalue weighted by atomic mass is 9.52. The van der Waals surface area contributed by atoms with E-state index in [9.17, 15) is 0 Å². The molecule has 2 unspecified atom stereocenters. The molecule has 25 heavy (non-hydrogen) atoms. The predicted octanol–water partition coefficient (Wildman–Crippen LogP) is 5.46. The summed E-state index contributed by atoms with van der Waals surface area (Å²) in [6, 6.07) is 12.9. The molecule has 2 aromatic rings. The molecular weight excluding hydrogens is 308 g/mol. The van der Waals surface area contributed by atoms with E-state index in [2.05, 4.69) is 42.5 Å². The average molecular weight is 334 g/mol. The van der Waals surface area contributed by atoms with Crippen LogP contribution >= 0.6 is 0 Å². The molecule has 0 radical (unpaired) electrons. The summed E-state index contributed by atoms with van der Waals surface area (Å²) in [6.45, 7) is 0. The summed E-state index contributed by atoms with van der Waals surface area (Å²) in [6.07, 6.45) is 9.01. The molecular formula is C23H26O2. The highest BCUT2D eigenvalue weighted by Gasteiger charge is 2.54. The molecule has 4 fully saturated rings. The van der Waals surface area contributed by atoms with Gasteiger partial charge in [0.25, 0.3) is 0 Å². The van der Waals surface area contributed by atoms with Crippen LogP contribution in [0.15, 0.2) is 42.0 Å². The Morgan fingerprint density at radius 3 is 2.48 bits per heavy atom. The van der Waals surface area contributed by atoms with Gasteiger partial charge in [-0.25, -0.2) is 0 Å². The zero-order chi connectivity index (χ0) is 17.0. The minimum atomic E-state index is -0.0150. The highest BCUT2D eigenvalue weighted by Crippen LogP contribution is 2.60. The zero-order valence-corrected chi connectivity index (χ0v) is 15.1. The van der Waals surface area contributed by atoms with Gasteiger partial charge >= 0.3 is 0 Å². The summed E-state index contributed by atoms with van der Waals surface area (Å²) < 4.78 is 11.8.